The highest BCUT2D eigenvalue weighted by molar-refractivity contribution is 7.80. The lowest BCUT2D eigenvalue weighted by atomic mass is 9.97. The number of carbonyl (C=O) groups excluding carboxylic acids is 1. The largest absolute Gasteiger partial charge is 0.416 e. The first kappa shape index (κ1) is 27.3. The number of thiocarbonyl (C=S) groups is 1. The molecule has 0 aliphatic rings. The number of amides is 1. The summed E-state index contributed by atoms with van der Waals surface area (Å²) in [5.41, 5.74) is -1.85. The van der Waals surface area contributed by atoms with Crippen molar-refractivity contribution >= 4 is 46.1 Å². The molecule has 6 nitrogen and oxygen atoms in total. The topological polar surface area (TPSA) is 78.9 Å². The van der Waals surface area contributed by atoms with Gasteiger partial charge in [-0.15, -0.1) is 5.10 Å². The van der Waals surface area contributed by atoms with Crippen LogP contribution in [0.2, 0.25) is 0 Å². The van der Waals surface area contributed by atoms with Gasteiger partial charge in [0.25, 0.3) is 5.91 Å². The molecule has 0 radical (unpaired) electrons. The van der Waals surface area contributed by atoms with Crippen LogP contribution in [0.4, 0.5) is 37.7 Å². The van der Waals surface area contributed by atoms with Gasteiger partial charge in [-0.1, -0.05) is 17.8 Å². The number of halogens is 6. The van der Waals surface area contributed by atoms with Crippen molar-refractivity contribution in [1.29, 1.82) is 0 Å². The van der Waals surface area contributed by atoms with E-state index in [1.807, 2.05) is 0 Å². The monoisotopic (exact) mass is 547 g/mol. The third-order valence-electron chi connectivity index (χ3n) is 4.89. The molecule has 1 heterocycles. The minimum Gasteiger partial charge on any atom is -0.356 e. The fraction of sp³-hybridized carbons (Fsp3) is 0.273. The summed E-state index contributed by atoms with van der Waals surface area (Å²) >= 11 is 6.28. The molecule has 2 aromatic carbocycles. The molecule has 3 N–H and O–H groups in total. The lowest BCUT2D eigenvalue weighted by Crippen LogP contribution is -2.32. The van der Waals surface area contributed by atoms with Gasteiger partial charge >= 0.3 is 12.4 Å². The average molecular weight is 548 g/mol. The van der Waals surface area contributed by atoms with Gasteiger partial charge in [0, 0.05) is 16.8 Å². The smallest absolute Gasteiger partial charge is 0.356 e. The van der Waals surface area contributed by atoms with Crippen LogP contribution in [0.15, 0.2) is 47.8 Å². The summed E-state index contributed by atoms with van der Waals surface area (Å²) in [7, 11) is 0. The molecule has 3 aromatic rings. The van der Waals surface area contributed by atoms with Crippen LogP contribution in [0.3, 0.4) is 0 Å². The van der Waals surface area contributed by atoms with E-state index in [0.717, 1.165) is 11.5 Å². The van der Waals surface area contributed by atoms with Crippen LogP contribution in [0.25, 0.3) is 0 Å². The molecule has 0 aliphatic heterocycles. The molecule has 0 spiro atoms. The summed E-state index contributed by atoms with van der Waals surface area (Å²) in [5, 5.41) is 13.4. The quantitative estimate of drug-likeness (QED) is 0.227. The van der Waals surface area contributed by atoms with Crippen molar-refractivity contribution in [3.63, 3.8) is 0 Å². The van der Waals surface area contributed by atoms with E-state index in [0.29, 0.717) is 29.9 Å². The van der Waals surface area contributed by atoms with E-state index < -0.39 is 35.4 Å². The van der Waals surface area contributed by atoms with Crippen molar-refractivity contribution in [3.8, 4) is 0 Å². The number of benzene rings is 2. The van der Waals surface area contributed by atoms with Crippen LogP contribution in [-0.4, -0.2) is 20.6 Å². The van der Waals surface area contributed by atoms with Crippen LogP contribution in [0, 0.1) is 0 Å². The molecule has 1 amide bonds. The lowest BCUT2D eigenvalue weighted by Gasteiger charge is -2.23. The Morgan fingerprint density at radius 3 is 2.00 bits per heavy atom. The van der Waals surface area contributed by atoms with Gasteiger partial charge < -0.3 is 16.0 Å². The Hall–Kier alpha value is -3.26. The molecule has 1 aromatic heterocycles. The number of anilines is 2. The number of alkyl halides is 6. The van der Waals surface area contributed by atoms with Crippen LogP contribution in [0.5, 0.6) is 0 Å². The van der Waals surface area contributed by atoms with Gasteiger partial charge in [0.15, 0.2) is 10.8 Å². The maximum Gasteiger partial charge on any atom is 0.416 e. The maximum atomic E-state index is 13.3. The predicted octanol–water partition coefficient (Wildman–Crippen LogP) is 6.66. The van der Waals surface area contributed by atoms with Gasteiger partial charge in [0.2, 0.25) is 0 Å². The van der Waals surface area contributed by atoms with Crippen LogP contribution in [-0.2, 0) is 12.4 Å². The zero-order valence-electron chi connectivity index (χ0n) is 18.5. The number of carbonyl (C=O) groups is 1. The fourth-order valence-corrected chi connectivity index (χ4v) is 3.91. The molecule has 0 saturated heterocycles. The Bertz CT molecular complexity index is 1160. The molecule has 36 heavy (non-hydrogen) atoms. The van der Waals surface area contributed by atoms with E-state index in [4.69, 9.17) is 12.2 Å². The summed E-state index contributed by atoms with van der Waals surface area (Å²) in [4.78, 5) is 12.0. The molecule has 3 rings (SSSR count). The summed E-state index contributed by atoms with van der Waals surface area (Å²) in [6.07, 6.45) is -9.19. The molecule has 0 fully saturated rings. The zero-order chi connectivity index (χ0) is 26.5. The highest BCUT2D eigenvalue weighted by Crippen LogP contribution is 2.38. The summed E-state index contributed by atoms with van der Waals surface area (Å²) < 4.78 is 83.2. The van der Waals surface area contributed by atoms with Gasteiger partial charge in [0.1, 0.15) is 0 Å². The van der Waals surface area contributed by atoms with E-state index in [-0.39, 0.29) is 28.9 Å². The number of nitrogens with zero attached hydrogens (tertiary/aromatic N) is 2. The Balaban J connectivity index is 1.73. The molecule has 0 saturated carbocycles. The van der Waals surface area contributed by atoms with E-state index >= 15 is 0 Å². The van der Waals surface area contributed by atoms with E-state index in [9.17, 15) is 31.1 Å². The highest BCUT2D eigenvalue weighted by Gasteiger charge is 2.37. The Labute approximate surface area is 211 Å². The summed E-state index contributed by atoms with van der Waals surface area (Å²) in [6.45, 7) is 1.75. The van der Waals surface area contributed by atoms with Gasteiger partial charge in [-0.25, -0.2) is 0 Å². The molecule has 1 atom stereocenters. The first-order valence-corrected chi connectivity index (χ1v) is 11.7. The fourth-order valence-electron chi connectivity index (χ4n) is 3.21. The van der Waals surface area contributed by atoms with Crippen molar-refractivity contribution in [2.24, 2.45) is 0 Å². The number of aromatic nitrogens is 2. The minimum absolute atomic E-state index is 0.00440. The maximum absolute atomic E-state index is 13.3. The van der Waals surface area contributed by atoms with Crippen LogP contribution in [0.1, 0.15) is 53.0 Å². The first-order chi connectivity index (χ1) is 16.9. The second kappa shape index (κ2) is 11.2. The lowest BCUT2D eigenvalue weighted by molar-refractivity contribution is -0.143. The van der Waals surface area contributed by atoms with Gasteiger partial charge in [-0.3, -0.25) is 4.79 Å². The van der Waals surface area contributed by atoms with Crippen molar-refractivity contribution in [1.82, 2.24) is 14.9 Å². The van der Waals surface area contributed by atoms with Crippen LogP contribution >= 0.6 is 23.8 Å². The van der Waals surface area contributed by atoms with Crippen molar-refractivity contribution in [2.75, 3.05) is 10.6 Å². The summed E-state index contributed by atoms with van der Waals surface area (Å²) in [5.74, 6) is -0.441. The Morgan fingerprint density at radius 2 is 1.53 bits per heavy atom. The second-order valence-electron chi connectivity index (χ2n) is 7.60. The van der Waals surface area contributed by atoms with Gasteiger partial charge in [-0.2, -0.15) is 26.3 Å². The minimum atomic E-state index is -4.95. The van der Waals surface area contributed by atoms with Crippen LogP contribution < -0.4 is 16.0 Å². The SMILES string of the molecule is CCCC(NC(=S)Nc1ccc(NC(=O)c2csnn2)cc1)c1cc(C(F)(F)F)cc(C(F)(F)F)c1. The van der Waals surface area contributed by atoms with Gasteiger partial charge in [0.05, 0.1) is 17.2 Å². The van der Waals surface area contributed by atoms with Gasteiger partial charge in [-0.05, 0) is 78.2 Å². The standard InChI is InChI=1S/C22H19F6N5OS2/c1-2-3-17(12-8-13(21(23,24)25)10-14(9-12)22(26,27)28)31-20(35)30-16-6-4-15(5-7-16)29-19(34)18-11-36-33-32-18/h4-11,17H,2-3H2,1H3,(H,29,34)(H2,30,31,35). The van der Waals surface area contributed by atoms with E-state index in [1.165, 1.54) is 5.38 Å². The zero-order valence-corrected chi connectivity index (χ0v) is 20.1. The third-order valence-corrected chi connectivity index (χ3v) is 5.61. The summed E-state index contributed by atoms with van der Waals surface area (Å²) in [6, 6.07) is 6.91. The Kier molecular flexibility index (Phi) is 8.51. The molecule has 14 heteroatoms. The van der Waals surface area contributed by atoms with Crippen molar-refractivity contribution in [2.45, 2.75) is 38.2 Å². The molecule has 1 unspecified atom stereocenters. The number of rotatable bonds is 7. The molecule has 192 valence electrons. The molecular weight excluding hydrogens is 528 g/mol. The number of hydrogen-bond acceptors (Lipinski definition) is 5. The Morgan fingerprint density at radius 1 is 0.972 bits per heavy atom. The van der Waals surface area contributed by atoms with E-state index in [2.05, 4.69) is 25.5 Å². The van der Waals surface area contributed by atoms with Crippen molar-refractivity contribution < 1.29 is 31.1 Å². The van der Waals surface area contributed by atoms with E-state index in [1.54, 1.807) is 31.2 Å². The molecule has 0 aliphatic carbocycles. The number of hydrogen-bond donors (Lipinski definition) is 3. The first-order valence-electron chi connectivity index (χ1n) is 10.4. The predicted molar refractivity (Wildman–Crippen MR) is 128 cm³/mol. The third kappa shape index (κ3) is 7.37. The second-order valence-corrected chi connectivity index (χ2v) is 8.62. The molecular formula is C22H19F6N5OS2. The normalized spacial score (nSPS) is 12.6. The van der Waals surface area contributed by atoms with Crippen molar-refractivity contribution in [3.05, 3.63) is 70.2 Å². The highest BCUT2D eigenvalue weighted by atomic mass is 32.1. The average Bonchev–Trinajstić information content (AvgIpc) is 3.34. The molecule has 0 bridgehead atoms. The number of nitrogens with one attached hydrogen (secondary N) is 3.